The summed E-state index contributed by atoms with van der Waals surface area (Å²) in [6.45, 7) is 1.89. The minimum Gasteiger partial charge on any atom is -0.462 e. The molecule has 0 aliphatic heterocycles. The first kappa shape index (κ1) is 25.4. The average molecular weight is 530 g/mol. The molecule has 1 atom stereocenters. The number of thiophene rings is 1. The minimum atomic E-state index is -2.69. The van der Waals surface area contributed by atoms with E-state index in [1.807, 2.05) is 0 Å². The summed E-state index contributed by atoms with van der Waals surface area (Å²) in [5, 5.41) is 13.3. The van der Waals surface area contributed by atoms with Gasteiger partial charge in [-0.3, -0.25) is 9.48 Å². The number of aromatic nitrogens is 2. The predicted octanol–water partition coefficient (Wildman–Crippen LogP) is 4.13. The second-order valence-electron chi connectivity index (χ2n) is 8.60. The minimum absolute atomic E-state index is 0.129. The van der Waals surface area contributed by atoms with Gasteiger partial charge in [-0.1, -0.05) is 0 Å². The third-order valence-corrected chi connectivity index (χ3v) is 7.55. The fourth-order valence-electron chi connectivity index (χ4n) is 4.24. The van der Waals surface area contributed by atoms with Crippen LogP contribution < -0.4 is 16.0 Å². The number of aryl methyl sites for hydroxylation is 2. The van der Waals surface area contributed by atoms with Crippen molar-refractivity contribution >= 4 is 51.4 Å². The number of nitrogens with one attached hydrogen (secondary N) is 3. The molecular formula is C22H26F3N5O3S2. The molecule has 35 heavy (non-hydrogen) atoms. The van der Waals surface area contributed by atoms with Gasteiger partial charge in [0.25, 0.3) is 6.43 Å². The van der Waals surface area contributed by atoms with Crippen LogP contribution in [-0.2, 0) is 29.4 Å². The van der Waals surface area contributed by atoms with E-state index in [1.54, 1.807) is 6.92 Å². The van der Waals surface area contributed by atoms with E-state index in [2.05, 4.69) is 21.0 Å². The quantitative estimate of drug-likeness (QED) is 0.367. The van der Waals surface area contributed by atoms with Gasteiger partial charge in [-0.25, -0.2) is 18.0 Å². The lowest BCUT2D eigenvalue weighted by atomic mass is 9.83. The maximum atomic E-state index is 13.2. The third-order valence-electron chi connectivity index (χ3n) is 6.13. The molecule has 0 saturated heterocycles. The Kier molecular flexibility index (Phi) is 7.64. The predicted molar refractivity (Wildman–Crippen MR) is 130 cm³/mol. The van der Waals surface area contributed by atoms with Gasteiger partial charge in [0.05, 0.1) is 12.2 Å². The van der Waals surface area contributed by atoms with Crippen molar-refractivity contribution in [1.29, 1.82) is 0 Å². The number of amides is 1. The van der Waals surface area contributed by atoms with Gasteiger partial charge < -0.3 is 20.7 Å². The Morgan fingerprint density at radius 3 is 2.71 bits per heavy atom. The monoisotopic (exact) mass is 529 g/mol. The lowest BCUT2D eigenvalue weighted by molar-refractivity contribution is -0.124. The average Bonchev–Trinajstić information content (AvgIpc) is 3.31. The number of alkyl halides is 3. The van der Waals surface area contributed by atoms with Crippen LogP contribution >= 0.6 is 23.6 Å². The molecule has 2 aromatic rings. The van der Waals surface area contributed by atoms with Crippen molar-refractivity contribution in [2.45, 2.75) is 57.7 Å². The van der Waals surface area contributed by atoms with Crippen LogP contribution in [0.3, 0.4) is 0 Å². The molecule has 1 fully saturated rings. The highest BCUT2D eigenvalue weighted by Crippen LogP contribution is 2.40. The summed E-state index contributed by atoms with van der Waals surface area (Å²) in [6.07, 6.45) is -1.43. The fourth-order valence-corrected chi connectivity index (χ4v) is 5.75. The molecule has 2 heterocycles. The van der Waals surface area contributed by atoms with Crippen LogP contribution in [0.4, 0.5) is 24.0 Å². The Labute approximate surface area is 209 Å². The van der Waals surface area contributed by atoms with Gasteiger partial charge in [-0.2, -0.15) is 5.10 Å². The maximum absolute atomic E-state index is 13.2. The summed E-state index contributed by atoms with van der Waals surface area (Å²) in [7, 11) is 1.54. The van der Waals surface area contributed by atoms with Crippen LogP contribution in [0, 0.1) is 5.92 Å². The van der Waals surface area contributed by atoms with Crippen molar-refractivity contribution in [3.05, 3.63) is 27.8 Å². The van der Waals surface area contributed by atoms with E-state index in [0.717, 1.165) is 10.4 Å². The van der Waals surface area contributed by atoms with Gasteiger partial charge in [-0.05, 0) is 56.8 Å². The number of esters is 1. The summed E-state index contributed by atoms with van der Waals surface area (Å²) < 4.78 is 45.5. The largest absolute Gasteiger partial charge is 0.462 e. The first-order chi connectivity index (χ1) is 16.7. The fraction of sp³-hybridized carbons (Fsp3) is 0.545. The van der Waals surface area contributed by atoms with Crippen molar-refractivity contribution in [3.63, 3.8) is 0 Å². The standard InChI is InChI=1S/C22H26F3N5O3S2/c1-3-33-21(32)17-13-8-12(26-22(34)27-16-9-14(18(24)25)29-30(16)2)4-5-15(13)35-20(17)28-19(31)10-6-11(23)7-10/h9-12,18H,3-8H2,1-2H3,(H,28,31)(H2,26,27,34)/t10-,11-,12-/m0/s1. The van der Waals surface area contributed by atoms with Crippen molar-refractivity contribution < 1.29 is 27.5 Å². The van der Waals surface area contributed by atoms with Crippen LogP contribution in [0.1, 0.15) is 59.1 Å². The molecule has 0 radical (unpaired) electrons. The lowest BCUT2D eigenvalue weighted by Crippen LogP contribution is -2.41. The Balaban J connectivity index is 1.47. The number of rotatable bonds is 7. The highest BCUT2D eigenvalue weighted by Gasteiger charge is 2.36. The van der Waals surface area contributed by atoms with E-state index in [4.69, 9.17) is 17.0 Å². The number of hydrogen-bond acceptors (Lipinski definition) is 6. The van der Waals surface area contributed by atoms with E-state index < -0.39 is 24.5 Å². The molecule has 0 unspecified atom stereocenters. The summed E-state index contributed by atoms with van der Waals surface area (Å²) in [6, 6.07) is 1.10. The second kappa shape index (κ2) is 10.5. The zero-order valence-electron chi connectivity index (χ0n) is 19.2. The lowest BCUT2D eigenvalue weighted by Gasteiger charge is -2.28. The van der Waals surface area contributed by atoms with E-state index in [1.165, 1.54) is 29.1 Å². The molecule has 2 aromatic heterocycles. The molecule has 13 heteroatoms. The summed E-state index contributed by atoms with van der Waals surface area (Å²) >= 11 is 6.71. The summed E-state index contributed by atoms with van der Waals surface area (Å²) in [5.41, 5.74) is 0.763. The highest BCUT2D eigenvalue weighted by atomic mass is 32.1. The summed E-state index contributed by atoms with van der Waals surface area (Å²) in [5.74, 6) is -0.876. The van der Waals surface area contributed by atoms with E-state index in [9.17, 15) is 22.8 Å². The molecule has 1 saturated carbocycles. The molecule has 4 rings (SSSR count). The van der Waals surface area contributed by atoms with E-state index >= 15 is 0 Å². The van der Waals surface area contributed by atoms with Crippen molar-refractivity contribution in [3.8, 4) is 0 Å². The van der Waals surface area contributed by atoms with Crippen LogP contribution in [0.5, 0.6) is 0 Å². The van der Waals surface area contributed by atoms with Gasteiger partial charge in [0.2, 0.25) is 5.91 Å². The molecule has 0 spiro atoms. The summed E-state index contributed by atoms with van der Waals surface area (Å²) in [4.78, 5) is 26.3. The smallest absolute Gasteiger partial charge is 0.341 e. The number of anilines is 2. The van der Waals surface area contributed by atoms with Crippen molar-refractivity contribution in [1.82, 2.24) is 15.1 Å². The Hall–Kier alpha value is -2.67. The Morgan fingerprint density at radius 1 is 1.34 bits per heavy atom. The molecule has 8 nitrogen and oxygen atoms in total. The number of nitrogens with zero attached hydrogens (tertiary/aromatic N) is 2. The van der Waals surface area contributed by atoms with E-state index in [-0.39, 0.29) is 42.2 Å². The topological polar surface area (TPSA) is 97.3 Å². The number of ether oxygens (including phenoxy) is 1. The first-order valence-corrected chi connectivity index (χ1v) is 12.5. The number of fused-ring (bicyclic) bond motifs is 1. The van der Waals surface area contributed by atoms with Crippen molar-refractivity contribution in [2.24, 2.45) is 13.0 Å². The molecule has 1 amide bonds. The Bertz CT molecular complexity index is 1130. The van der Waals surface area contributed by atoms with Crippen molar-refractivity contribution in [2.75, 3.05) is 17.2 Å². The molecule has 3 N–H and O–H groups in total. The molecule has 0 aromatic carbocycles. The first-order valence-electron chi connectivity index (χ1n) is 11.3. The van der Waals surface area contributed by atoms with Gasteiger partial charge >= 0.3 is 5.97 Å². The maximum Gasteiger partial charge on any atom is 0.341 e. The number of carbonyl (C=O) groups excluding carboxylic acids is 2. The van der Waals surface area contributed by atoms with Gasteiger partial charge in [0.1, 0.15) is 22.7 Å². The van der Waals surface area contributed by atoms with Crippen LogP contribution in [-0.4, -0.2) is 45.6 Å². The number of halogens is 3. The SMILES string of the molecule is CCOC(=O)c1c(NC(=O)[C@H]2C[C@H](F)C2)sc2c1C[C@@H](NC(=S)Nc1cc(C(F)F)nn1C)CC2. The normalized spacial score (nSPS) is 21.1. The molecule has 0 bridgehead atoms. The number of hydrogen-bond donors (Lipinski definition) is 3. The number of thiocarbonyl (C=S) groups is 1. The molecule has 2 aliphatic rings. The molecule has 2 aliphatic carbocycles. The highest BCUT2D eigenvalue weighted by molar-refractivity contribution is 7.80. The van der Waals surface area contributed by atoms with Gasteiger partial charge in [-0.15, -0.1) is 11.3 Å². The Morgan fingerprint density at radius 2 is 2.09 bits per heavy atom. The van der Waals surface area contributed by atoms with Gasteiger partial charge in [0, 0.05) is 30.0 Å². The molecular weight excluding hydrogens is 503 g/mol. The zero-order chi connectivity index (χ0) is 25.3. The van der Waals surface area contributed by atoms with E-state index in [0.29, 0.717) is 35.6 Å². The van der Waals surface area contributed by atoms with Gasteiger partial charge in [0.15, 0.2) is 5.11 Å². The third kappa shape index (κ3) is 5.61. The van der Waals surface area contributed by atoms with Crippen LogP contribution in [0.25, 0.3) is 0 Å². The van der Waals surface area contributed by atoms with Crippen LogP contribution in [0.15, 0.2) is 6.07 Å². The van der Waals surface area contributed by atoms with Crippen LogP contribution in [0.2, 0.25) is 0 Å². The molecule has 190 valence electrons. The number of carbonyl (C=O) groups is 2. The second-order valence-corrected chi connectivity index (χ2v) is 10.1. The zero-order valence-corrected chi connectivity index (χ0v) is 20.8.